The Morgan fingerprint density at radius 3 is 2.26 bits per heavy atom. The summed E-state index contributed by atoms with van der Waals surface area (Å²) >= 11 is 0. The fraction of sp³-hybridized carbons (Fsp3) is 0.533. The molecule has 1 unspecified atom stereocenters. The van der Waals surface area contributed by atoms with Gasteiger partial charge < -0.3 is 15.1 Å². The van der Waals surface area contributed by atoms with Crippen molar-refractivity contribution in [2.45, 2.75) is 19.9 Å². The quantitative estimate of drug-likeness (QED) is 0.850. The van der Waals surface area contributed by atoms with Gasteiger partial charge in [0.05, 0.1) is 0 Å². The van der Waals surface area contributed by atoms with Gasteiger partial charge in [-0.2, -0.15) is 0 Å². The van der Waals surface area contributed by atoms with E-state index in [1.165, 1.54) is 0 Å². The Bertz CT molecular complexity index is 400. The molecule has 19 heavy (non-hydrogen) atoms. The van der Waals surface area contributed by atoms with Crippen molar-refractivity contribution in [2.75, 3.05) is 39.1 Å². The monoisotopic (exact) mass is 263 g/mol. The Kier molecular flexibility index (Phi) is 5.83. The molecule has 0 aliphatic heterocycles. The van der Waals surface area contributed by atoms with Crippen molar-refractivity contribution in [3.63, 3.8) is 0 Å². The standard InChI is InChI=1S/C15H25N3O/c1-6-18(5)14-9-7-13(8-10-14)15(19)16-11-12(2)17(3)4/h7-10,12H,6,11H2,1-5H3,(H,16,19). The van der Waals surface area contributed by atoms with Crippen LogP contribution < -0.4 is 10.2 Å². The van der Waals surface area contributed by atoms with Gasteiger partial charge in [0.1, 0.15) is 0 Å². The Morgan fingerprint density at radius 1 is 1.21 bits per heavy atom. The van der Waals surface area contributed by atoms with Crippen LogP contribution in [0.15, 0.2) is 24.3 Å². The van der Waals surface area contributed by atoms with Crippen molar-refractivity contribution < 1.29 is 4.79 Å². The van der Waals surface area contributed by atoms with Crippen LogP contribution in [0.4, 0.5) is 5.69 Å². The van der Waals surface area contributed by atoms with Gasteiger partial charge in [0, 0.05) is 37.4 Å². The number of anilines is 1. The molecular formula is C15H25N3O. The van der Waals surface area contributed by atoms with E-state index in [-0.39, 0.29) is 5.91 Å². The summed E-state index contributed by atoms with van der Waals surface area (Å²) in [6, 6.07) is 8.03. The fourth-order valence-electron chi connectivity index (χ4n) is 1.57. The van der Waals surface area contributed by atoms with Crippen molar-refractivity contribution in [3.8, 4) is 0 Å². The van der Waals surface area contributed by atoms with E-state index in [1.54, 1.807) is 0 Å². The maximum atomic E-state index is 12.0. The van der Waals surface area contributed by atoms with Gasteiger partial charge in [-0.15, -0.1) is 0 Å². The highest BCUT2D eigenvalue weighted by Crippen LogP contribution is 2.13. The molecule has 1 aromatic rings. The number of hydrogen-bond acceptors (Lipinski definition) is 3. The summed E-state index contributed by atoms with van der Waals surface area (Å²) in [4.78, 5) is 16.2. The van der Waals surface area contributed by atoms with Gasteiger partial charge in [-0.05, 0) is 52.2 Å². The summed E-state index contributed by atoms with van der Waals surface area (Å²) in [5.41, 5.74) is 1.83. The first kappa shape index (κ1) is 15.5. The van der Waals surface area contributed by atoms with Crippen LogP contribution in [0.5, 0.6) is 0 Å². The Hall–Kier alpha value is -1.55. The minimum Gasteiger partial charge on any atom is -0.375 e. The predicted molar refractivity (Wildman–Crippen MR) is 80.9 cm³/mol. The first-order valence-electron chi connectivity index (χ1n) is 6.71. The number of likely N-dealkylation sites (N-methyl/N-ethyl adjacent to an activating group) is 1. The summed E-state index contributed by atoms with van der Waals surface area (Å²) < 4.78 is 0. The number of nitrogens with one attached hydrogen (secondary N) is 1. The number of rotatable bonds is 6. The van der Waals surface area contributed by atoms with E-state index < -0.39 is 0 Å². The third kappa shape index (κ3) is 4.56. The van der Waals surface area contributed by atoms with Crippen LogP contribution in [0.1, 0.15) is 24.2 Å². The smallest absolute Gasteiger partial charge is 0.251 e. The average Bonchev–Trinajstić information content (AvgIpc) is 2.43. The zero-order chi connectivity index (χ0) is 14.4. The van der Waals surface area contributed by atoms with E-state index in [0.29, 0.717) is 18.2 Å². The maximum Gasteiger partial charge on any atom is 0.251 e. The second kappa shape index (κ2) is 7.14. The Balaban J connectivity index is 2.58. The van der Waals surface area contributed by atoms with Crippen molar-refractivity contribution in [3.05, 3.63) is 29.8 Å². The number of nitrogens with zero attached hydrogens (tertiary/aromatic N) is 2. The van der Waals surface area contributed by atoms with Crippen molar-refractivity contribution in [1.29, 1.82) is 0 Å². The van der Waals surface area contributed by atoms with Gasteiger partial charge in [0.2, 0.25) is 0 Å². The highest BCUT2D eigenvalue weighted by atomic mass is 16.1. The third-order valence-electron chi connectivity index (χ3n) is 3.48. The molecular weight excluding hydrogens is 238 g/mol. The minimum atomic E-state index is -0.0144. The molecule has 1 atom stereocenters. The molecule has 0 aliphatic carbocycles. The lowest BCUT2D eigenvalue weighted by atomic mass is 10.2. The molecule has 0 fully saturated rings. The topological polar surface area (TPSA) is 35.6 Å². The van der Waals surface area contributed by atoms with E-state index >= 15 is 0 Å². The molecule has 0 spiro atoms. The molecule has 1 aromatic carbocycles. The predicted octanol–water partition coefficient (Wildman–Crippen LogP) is 1.82. The second-order valence-corrected chi connectivity index (χ2v) is 5.08. The summed E-state index contributed by atoms with van der Waals surface area (Å²) in [6.07, 6.45) is 0. The summed E-state index contributed by atoms with van der Waals surface area (Å²) in [5.74, 6) is -0.0144. The average molecular weight is 263 g/mol. The van der Waals surface area contributed by atoms with Crippen LogP contribution in [0.3, 0.4) is 0 Å². The van der Waals surface area contributed by atoms with Crippen LogP contribution >= 0.6 is 0 Å². The Labute approximate surface area is 116 Å². The molecule has 0 aliphatic rings. The van der Waals surface area contributed by atoms with Crippen molar-refractivity contribution in [1.82, 2.24) is 10.2 Å². The minimum absolute atomic E-state index is 0.0144. The van der Waals surface area contributed by atoms with Crippen LogP contribution in [0.2, 0.25) is 0 Å². The first-order chi connectivity index (χ1) is 8.95. The molecule has 4 heteroatoms. The highest BCUT2D eigenvalue weighted by Gasteiger charge is 2.09. The van der Waals surface area contributed by atoms with E-state index in [0.717, 1.165) is 12.2 Å². The number of hydrogen-bond donors (Lipinski definition) is 1. The van der Waals surface area contributed by atoms with E-state index in [4.69, 9.17) is 0 Å². The molecule has 0 bridgehead atoms. The molecule has 0 aromatic heterocycles. The molecule has 1 amide bonds. The molecule has 1 N–H and O–H groups in total. The number of benzene rings is 1. The fourth-order valence-corrected chi connectivity index (χ4v) is 1.57. The molecule has 4 nitrogen and oxygen atoms in total. The third-order valence-corrected chi connectivity index (χ3v) is 3.48. The zero-order valence-electron chi connectivity index (χ0n) is 12.6. The molecule has 0 heterocycles. The highest BCUT2D eigenvalue weighted by molar-refractivity contribution is 5.94. The molecule has 0 radical (unpaired) electrons. The summed E-state index contributed by atoms with van der Waals surface area (Å²) in [6.45, 7) is 5.79. The van der Waals surface area contributed by atoms with E-state index in [2.05, 4.69) is 29.0 Å². The number of carbonyl (C=O) groups is 1. The van der Waals surface area contributed by atoms with Gasteiger partial charge in [-0.1, -0.05) is 0 Å². The van der Waals surface area contributed by atoms with Gasteiger partial charge in [0.15, 0.2) is 0 Å². The van der Waals surface area contributed by atoms with Crippen molar-refractivity contribution >= 4 is 11.6 Å². The van der Waals surface area contributed by atoms with Gasteiger partial charge >= 0.3 is 0 Å². The van der Waals surface area contributed by atoms with Crippen LogP contribution in [-0.2, 0) is 0 Å². The van der Waals surface area contributed by atoms with E-state index in [9.17, 15) is 4.79 Å². The van der Waals surface area contributed by atoms with E-state index in [1.807, 2.05) is 45.4 Å². The van der Waals surface area contributed by atoms with Crippen molar-refractivity contribution in [2.24, 2.45) is 0 Å². The molecule has 1 rings (SSSR count). The van der Waals surface area contributed by atoms with Gasteiger partial charge in [-0.3, -0.25) is 4.79 Å². The maximum absolute atomic E-state index is 12.0. The number of carbonyl (C=O) groups excluding carboxylic acids is 1. The van der Waals surface area contributed by atoms with Crippen LogP contribution in [-0.4, -0.2) is 51.1 Å². The second-order valence-electron chi connectivity index (χ2n) is 5.08. The van der Waals surface area contributed by atoms with Gasteiger partial charge in [-0.25, -0.2) is 0 Å². The molecule has 0 saturated heterocycles. The normalized spacial score (nSPS) is 12.3. The lowest BCUT2D eigenvalue weighted by Crippen LogP contribution is -2.38. The molecule has 106 valence electrons. The lowest BCUT2D eigenvalue weighted by molar-refractivity contribution is 0.0943. The molecule has 0 saturated carbocycles. The zero-order valence-corrected chi connectivity index (χ0v) is 12.6. The largest absolute Gasteiger partial charge is 0.375 e. The first-order valence-corrected chi connectivity index (χ1v) is 6.71. The summed E-state index contributed by atoms with van der Waals surface area (Å²) in [5, 5.41) is 2.95. The number of amides is 1. The van der Waals surface area contributed by atoms with Crippen LogP contribution in [0, 0.1) is 0 Å². The Morgan fingerprint density at radius 2 is 1.79 bits per heavy atom. The SMILES string of the molecule is CCN(C)c1ccc(C(=O)NCC(C)N(C)C)cc1. The lowest BCUT2D eigenvalue weighted by Gasteiger charge is -2.20. The van der Waals surface area contributed by atoms with Gasteiger partial charge in [0.25, 0.3) is 5.91 Å². The van der Waals surface area contributed by atoms with Crippen LogP contribution in [0.25, 0.3) is 0 Å². The summed E-state index contributed by atoms with van der Waals surface area (Å²) in [7, 11) is 6.05.